The second kappa shape index (κ2) is 6.06. The Labute approximate surface area is 111 Å². The molecule has 2 unspecified atom stereocenters. The number of thioether (sulfide) groups is 1. The van der Waals surface area contributed by atoms with Gasteiger partial charge in [-0.2, -0.15) is 11.8 Å². The lowest BCUT2D eigenvalue weighted by Crippen LogP contribution is -2.33. The molecule has 1 fully saturated rings. The van der Waals surface area contributed by atoms with Crippen LogP contribution in [-0.4, -0.2) is 28.4 Å². The number of rotatable bonds is 4. The van der Waals surface area contributed by atoms with Crippen molar-refractivity contribution in [3.63, 3.8) is 0 Å². The molecule has 0 aliphatic heterocycles. The summed E-state index contributed by atoms with van der Waals surface area (Å²) >= 11 is 1.87. The fourth-order valence-corrected chi connectivity index (χ4v) is 2.95. The molecule has 0 saturated heterocycles. The molecular formula is C12H18N4OS. The van der Waals surface area contributed by atoms with E-state index in [1.54, 1.807) is 18.3 Å². The lowest BCUT2D eigenvalue weighted by atomic mass is 10.2. The molecule has 1 aliphatic carbocycles. The number of hydrazine groups is 1. The largest absolute Gasteiger partial charge is 0.348 e. The minimum absolute atomic E-state index is 0.106. The van der Waals surface area contributed by atoms with Crippen LogP contribution >= 0.6 is 11.8 Å². The zero-order valence-electron chi connectivity index (χ0n) is 10.3. The molecule has 1 aliphatic rings. The quantitative estimate of drug-likeness (QED) is 0.567. The number of carbonyl (C=O) groups excluding carboxylic acids is 1. The monoisotopic (exact) mass is 266 g/mol. The number of aromatic nitrogens is 1. The van der Waals surface area contributed by atoms with E-state index in [1.165, 1.54) is 6.42 Å². The van der Waals surface area contributed by atoms with Crippen LogP contribution < -0.4 is 16.6 Å². The molecule has 98 valence electrons. The molecule has 1 saturated carbocycles. The molecule has 2 atom stereocenters. The first-order valence-electron chi connectivity index (χ1n) is 5.99. The minimum Gasteiger partial charge on any atom is -0.348 e. The molecule has 1 amide bonds. The van der Waals surface area contributed by atoms with Crippen molar-refractivity contribution in [3.05, 3.63) is 24.0 Å². The number of nitrogens with one attached hydrogen (secondary N) is 2. The van der Waals surface area contributed by atoms with E-state index in [1.807, 2.05) is 11.8 Å². The summed E-state index contributed by atoms with van der Waals surface area (Å²) in [5, 5.41) is 3.70. The highest BCUT2D eigenvalue weighted by molar-refractivity contribution is 7.99. The first-order valence-corrected chi connectivity index (χ1v) is 7.28. The summed E-state index contributed by atoms with van der Waals surface area (Å²) in [6, 6.07) is 3.69. The average molecular weight is 266 g/mol. The molecular weight excluding hydrogens is 248 g/mol. The summed E-state index contributed by atoms with van der Waals surface area (Å²) in [5.41, 5.74) is 3.60. The second-order valence-electron chi connectivity index (χ2n) is 4.42. The smallest absolute Gasteiger partial charge is 0.270 e. The van der Waals surface area contributed by atoms with E-state index >= 15 is 0 Å². The van der Waals surface area contributed by atoms with E-state index in [9.17, 15) is 4.79 Å². The molecule has 1 aromatic heterocycles. The molecule has 5 nitrogen and oxygen atoms in total. The number of nitrogen functional groups attached to an aromatic ring is 1. The summed E-state index contributed by atoms with van der Waals surface area (Å²) in [7, 11) is 0. The van der Waals surface area contributed by atoms with Gasteiger partial charge in [-0.25, -0.2) is 4.98 Å². The topological polar surface area (TPSA) is 80.0 Å². The van der Waals surface area contributed by atoms with Crippen molar-refractivity contribution in [1.82, 2.24) is 10.3 Å². The maximum Gasteiger partial charge on any atom is 0.270 e. The predicted molar refractivity (Wildman–Crippen MR) is 74.5 cm³/mol. The van der Waals surface area contributed by atoms with Crippen molar-refractivity contribution in [1.29, 1.82) is 0 Å². The zero-order valence-corrected chi connectivity index (χ0v) is 11.2. The Kier molecular flexibility index (Phi) is 4.43. The molecule has 0 aromatic carbocycles. The van der Waals surface area contributed by atoms with Gasteiger partial charge in [-0.15, -0.1) is 0 Å². The van der Waals surface area contributed by atoms with E-state index in [0.717, 1.165) is 12.8 Å². The number of carbonyl (C=O) groups is 1. The maximum atomic E-state index is 12.0. The van der Waals surface area contributed by atoms with Crippen molar-refractivity contribution in [2.75, 3.05) is 11.7 Å². The van der Waals surface area contributed by atoms with Gasteiger partial charge >= 0.3 is 0 Å². The second-order valence-corrected chi connectivity index (χ2v) is 5.56. The zero-order chi connectivity index (χ0) is 13.0. The summed E-state index contributed by atoms with van der Waals surface area (Å²) < 4.78 is 0. The average Bonchev–Trinajstić information content (AvgIpc) is 2.86. The highest BCUT2D eigenvalue weighted by Crippen LogP contribution is 2.28. The summed E-state index contributed by atoms with van der Waals surface area (Å²) in [5.74, 6) is 5.14. The highest BCUT2D eigenvalue weighted by atomic mass is 32.2. The highest BCUT2D eigenvalue weighted by Gasteiger charge is 2.25. The van der Waals surface area contributed by atoms with Crippen LogP contribution in [0.2, 0.25) is 0 Å². The fourth-order valence-electron chi connectivity index (χ4n) is 2.16. The summed E-state index contributed by atoms with van der Waals surface area (Å²) in [4.78, 5) is 16.0. The van der Waals surface area contributed by atoms with Crippen molar-refractivity contribution in [2.45, 2.75) is 30.6 Å². The number of hydrogen-bond acceptors (Lipinski definition) is 5. The third-order valence-corrected chi connectivity index (χ3v) is 4.31. The Bertz CT molecular complexity index is 409. The van der Waals surface area contributed by atoms with Crippen molar-refractivity contribution in [3.8, 4) is 0 Å². The van der Waals surface area contributed by atoms with Gasteiger partial charge in [-0.3, -0.25) is 10.6 Å². The van der Waals surface area contributed by atoms with Gasteiger partial charge in [0.25, 0.3) is 5.91 Å². The van der Waals surface area contributed by atoms with Crippen LogP contribution in [0.25, 0.3) is 0 Å². The van der Waals surface area contributed by atoms with E-state index in [4.69, 9.17) is 5.84 Å². The third kappa shape index (κ3) is 3.14. The molecule has 6 heteroatoms. The Morgan fingerprint density at radius 1 is 1.50 bits per heavy atom. The molecule has 18 heavy (non-hydrogen) atoms. The van der Waals surface area contributed by atoms with Crippen molar-refractivity contribution < 1.29 is 4.79 Å². The number of anilines is 1. The van der Waals surface area contributed by atoms with Crippen LogP contribution in [0.15, 0.2) is 18.3 Å². The Morgan fingerprint density at radius 2 is 2.33 bits per heavy atom. The number of hydrogen-bond donors (Lipinski definition) is 3. The first kappa shape index (κ1) is 13.2. The van der Waals surface area contributed by atoms with Gasteiger partial charge in [-0.05, 0) is 37.7 Å². The van der Waals surface area contributed by atoms with Crippen molar-refractivity contribution >= 4 is 23.4 Å². The van der Waals surface area contributed by atoms with Crippen LogP contribution in [0, 0.1) is 0 Å². The molecule has 0 spiro atoms. The van der Waals surface area contributed by atoms with Crippen molar-refractivity contribution in [2.24, 2.45) is 5.84 Å². The van der Waals surface area contributed by atoms with Gasteiger partial charge in [-0.1, -0.05) is 0 Å². The van der Waals surface area contributed by atoms with Crippen LogP contribution in [0.1, 0.15) is 29.8 Å². The molecule has 1 aromatic rings. The SMILES string of the molecule is CSC1CCC(NC(=O)c2ccc(NN)cn2)C1. The predicted octanol–water partition coefficient (Wildman–Crippen LogP) is 1.38. The van der Waals surface area contributed by atoms with E-state index < -0.39 is 0 Å². The van der Waals surface area contributed by atoms with E-state index in [2.05, 4.69) is 22.0 Å². The Balaban J connectivity index is 1.91. The molecule has 1 heterocycles. The fraction of sp³-hybridized carbons (Fsp3) is 0.500. The number of nitrogens with zero attached hydrogens (tertiary/aromatic N) is 1. The van der Waals surface area contributed by atoms with Crippen LogP contribution in [0.3, 0.4) is 0 Å². The lowest BCUT2D eigenvalue weighted by Gasteiger charge is -2.12. The molecule has 2 rings (SSSR count). The number of amides is 1. The van der Waals surface area contributed by atoms with Crippen LogP contribution in [0.5, 0.6) is 0 Å². The first-order chi connectivity index (χ1) is 8.72. The van der Waals surface area contributed by atoms with Gasteiger partial charge in [0.1, 0.15) is 5.69 Å². The molecule has 4 N–H and O–H groups in total. The van der Waals surface area contributed by atoms with Crippen LogP contribution in [-0.2, 0) is 0 Å². The Hall–Kier alpha value is -1.27. The number of pyridine rings is 1. The lowest BCUT2D eigenvalue weighted by molar-refractivity contribution is 0.0933. The van der Waals surface area contributed by atoms with Gasteiger partial charge in [0.15, 0.2) is 0 Å². The van der Waals surface area contributed by atoms with Gasteiger partial charge in [0, 0.05) is 11.3 Å². The maximum absolute atomic E-state index is 12.0. The van der Waals surface area contributed by atoms with Gasteiger partial charge in [0.05, 0.1) is 11.9 Å². The van der Waals surface area contributed by atoms with Gasteiger partial charge in [0.2, 0.25) is 0 Å². The van der Waals surface area contributed by atoms with E-state index in [0.29, 0.717) is 16.6 Å². The standard InChI is InChI=1S/C12H18N4OS/c1-18-10-4-2-8(6-10)15-12(17)11-5-3-9(16-13)7-14-11/h3,5,7-8,10,16H,2,4,6,13H2,1H3,(H,15,17). The summed E-state index contributed by atoms with van der Waals surface area (Å²) in [6.07, 6.45) is 6.95. The molecule has 0 radical (unpaired) electrons. The third-order valence-electron chi connectivity index (χ3n) is 3.22. The summed E-state index contributed by atoms with van der Waals surface area (Å²) in [6.45, 7) is 0. The number of nitrogens with two attached hydrogens (primary N) is 1. The normalized spacial score (nSPS) is 22.8. The van der Waals surface area contributed by atoms with E-state index in [-0.39, 0.29) is 11.9 Å². The Morgan fingerprint density at radius 3 is 2.89 bits per heavy atom. The minimum atomic E-state index is -0.106. The molecule has 0 bridgehead atoms. The van der Waals surface area contributed by atoms with Gasteiger partial charge < -0.3 is 10.7 Å². The van der Waals surface area contributed by atoms with Crippen LogP contribution in [0.4, 0.5) is 5.69 Å².